The zero-order valence-electron chi connectivity index (χ0n) is 8.34. The summed E-state index contributed by atoms with van der Waals surface area (Å²) in [5.74, 6) is 0. The fourth-order valence-corrected chi connectivity index (χ4v) is 3.36. The zero-order chi connectivity index (χ0) is 11.9. The molecule has 1 aromatic carbocycles. The molecule has 0 aliphatic carbocycles. The van der Waals surface area contributed by atoms with Gasteiger partial charge in [-0.05, 0) is 25.1 Å². The van der Waals surface area contributed by atoms with E-state index in [0.29, 0.717) is 10.6 Å². The molecule has 0 saturated carbocycles. The number of thiazole rings is 1. The first-order chi connectivity index (χ1) is 7.41. The van der Waals surface area contributed by atoms with E-state index in [9.17, 15) is 8.42 Å². The SMILES string of the molecule is CC(Cl)S(=O)(=O)c1ccc2nc(N)sc2c1. The maximum absolute atomic E-state index is 11.8. The smallest absolute Gasteiger partial charge is 0.194 e. The molecule has 7 heteroatoms. The average molecular weight is 277 g/mol. The van der Waals surface area contributed by atoms with E-state index in [1.165, 1.54) is 24.3 Å². The minimum Gasteiger partial charge on any atom is -0.375 e. The van der Waals surface area contributed by atoms with E-state index in [0.717, 1.165) is 4.70 Å². The van der Waals surface area contributed by atoms with Gasteiger partial charge >= 0.3 is 0 Å². The van der Waals surface area contributed by atoms with Gasteiger partial charge in [0.2, 0.25) is 0 Å². The lowest BCUT2D eigenvalue weighted by Crippen LogP contribution is -2.11. The van der Waals surface area contributed by atoms with E-state index in [1.807, 2.05) is 0 Å². The molecule has 86 valence electrons. The van der Waals surface area contributed by atoms with E-state index in [-0.39, 0.29) is 4.90 Å². The third-order valence-corrected chi connectivity index (χ3v) is 5.45. The number of fused-ring (bicyclic) bond motifs is 1. The predicted molar refractivity (Wildman–Crippen MR) is 66.5 cm³/mol. The Morgan fingerprint density at radius 1 is 1.50 bits per heavy atom. The number of hydrogen-bond acceptors (Lipinski definition) is 5. The van der Waals surface area contributed by atoms with Crippen LogP contribution in [0.4, 0.5) is 5.13 Å². The molecule has 0 aliphatic rings. The first-order valence-corrected chi connectivity index (χ1v) is 7.25. The molecule has 1 heterocycles. The number of nitrogens with two attached hydrogens (primary N) is 1. The van der Waals surface area contributed by atoms with Crippen LogP contribution in [0.5, 0.6) is 0 Å². The summed E-state index contributed by atoms with van der Waals surface area (Å²) in [6, 6.07) is 4.68. The van der Waals surface area contributed by atoms with Crippen molar-refractivity contribution in [3.8, 4) is 0 Å². The minimum atomic E-state index is -3.46. The number of rotatable bonds is 2. The highest BCUT2D eigenvalue weighted by Crippen LogP contribution is 2.28. The second-order valence-corrected chi connectivity index (χ2v) is 7.51. The molecule has 0 radical (unpaired) electrons. The zero-order valence-corrected chi connectivity index (χ0v) is 10.7. The van der Waals surface area contributed by atoms with Crippen molar-refractivity contribution >= 4 is 48.1 Å². The standard InChI is InChI=1S/C9H9ClN2O2S2/c1-5(10)16(13,14)6-2-3-7-8(4-6)15-9(11)12-7/h2-5H,1H3,(H2,11,12). The number of aromatic nitrogens is 1. The van der Waals surface area contributed by atoms with Crippen LogP contribution in [-0.4, -0.2) is 18.1 Å². The number of sulfone groups is 1. The predicted octanol–water partition coefficient (Wildman–Crippen LogP) is 2.24. The fourth-order valence-electron chi connectivity index (χ4n) is 1.29. The highest BCUT2D eigenvalue weighted by Gasteiger charge is 2.21. The van der Waals surface area contributed by atoms with Crippen molar-refractivity contribution in [2.45, 2.75) is 16.5 Å². The minimum absolute atomic E-state index is 0.200. The molecular weight excluding hydrogens is 268 g/mol. The van der Waals surface area contributed by atoms with Crippen LogP contribution < -0.4 is 5.73 Å². The molecule has 2 rings (SSSR count). The Balaban J connectivity index is 2.63. The molecule has 2 aromatic rings. The number of alkyl halides is 1. The summed E-state index contributed by atoms with van der Waals surface area (Å²) in [6.45, 7) is 1.43. The molecule has 16 heavy (non-hydrogen) atoms. The molecule has 0 spiro atoms. The molecule has 1 unspecified atom stereocenters. The third kappa shape index (κ3) is 1.88. The lowest BCUT2D eigenvalue weighted by molar-refractivity contribution is 0.594. The molecule has 2 N–H and O–H groups in total. The van der Waals surface area contributed by atoms with Crippen LogP contribution in [0.15, 0.2) is 23.1 Å². The van der Waals surface area contributed by atoms with Crippen LogP contribution in [0.1, 0.15) is 6.92 Å². The molecule has 0 fully saturated rings. The summed E-state index contributed by atoms with van der Waals surface area (Å²) < 4.78 is 23.4. The van der Waals surface area contributed by atoms with Crippen molar-refractivity contribution in [3.63, 3.8) is 0 Å². The Labute approximate surface area is 102 Å². The van der Waals surface area contributed by atoms with Crippen LogP contribution in [0.25, 0.3) is 10.2 Å². The highest BCUT2D eigenvalue weighted by molar-refractivity contribution is 7.93. The van der Waals surface area contributed by atoms with Gasteiger partial charge in [0, 0.05) is 0 Å². The van der Waals surface area contributed by atoms with Gasteiger partial charge in [0.05, 0.1) is 15.1 Å². The van der Waals surface area contributed by atoms with Crippen molar-refractivity contribution in [2.24, 2.45) is 0 Å². The van der Waals surface area contributed by atoms with Gasteiger partial charge in [0.1, 0.15) is 4.71 Å². The van der Waals surface area contributed by atoms with Crippen LogP contribution in [0.3, 0.4) is 0 Å². The second-order valence-electron chi connectivity index (χ2n) is 3.27. The first-order valence-electron chi connectivity index (χ1n) is 4.45. The highest BCUT2D eigenvalue weighted by atomic mass is 35.5. The largest absolute Gasteiger partial charge is 0.375 e. The maximum atomic E-state index is 11.8. The van der Waals surface area contributed by atoms with Gasteiger partial charge in [-0.25, -0.2) is 13.4 Å². The molecule has 0 aliphatic heterocycles. The molecule has 0 bridgehead atoms. The van der Waals surface area contributed by atoms with Gasteiger partial charge in [-0.3, -0.25) is 0 Å². The van der Waals surface area contributed by atoms with Gasteiger partial charge < -0.3 is 5.73 Å². The summed E-state index contributed by atoms with van der Waals surface area (Å²) in [7, 11) is -3.46. The van der Waals surface area contributed by atoms with Crippen LogP contribution in [-0.2, 0) is 9.84 Å². The number of nitrogen functional groups attached to an aromatic ring is 1. The Hall–Kier alpha value is -0.850. The molecular formula is C9H9ClN2O2S2. The molecule has 1 atom stereocenters. The van der Waals surface area contributed by atoms with Crippen LogP contribution in [0.2, 0.25) is 0 Å². The van der Waals surface area contributed by atoms with E-state index < -0.39 is 14.5 Å². The molecule has 0 amide bonds. The Morgan fingerprint density at radius 3 is 2.81 bits per heavy atom. The van der Waals surface area contributed by atoms with E-state index in [4.69, 9.17) is 17.3 Å². The summed E-state index contributed by atoms with van der Waals surface area (Å²) in [4.78, 5) is 4.25. The second kappa shape index (κ2) is 3.87. The summed E-state index contributed by atoms with van der Waals surface area (Å²) in [6.07, 6.45) is 0. The normalized spacial score (nSPS) is 14.1. The lowest BCUT2D eigenvalue weighted by atomic mass is 10.3. The van der Waals surface area contributed by atoms with Crippen molar-refractivity contribution in [1.82, 2.24) is 4.98 Å². The average Bonchev–Trinajstić information content (AvgIpc) is 2.56. The third-order valence-electron chi connectivity index (χ3n) is 2.13. The lowest BCUT2D eigenvalue weighted by Gasteiger charge is -2.05. The summed E-state index contributed by atoms with van der Waals surface area (Å²) in [5, 5.41) is 0.420. The monoisotopic (exact) mass is 276 g/mol. The van der Waals surface area contributed by atoms with Gasteiger partial charge in [-0.2, -0.15) is 0 Å². The van der Waals surface area contributed by atoms with Crippen LogP contribution >= 0.6 is 22.9 Å². The van der Waals surface area contributed by atoms with Crippen LogP contribution in [0, 0.1) is 0 Å². The van der Waals surface area contributed by atoms with Gasteiger partial charge in [-0.1, -0.05) is 11.3 Å². The van der Waals surface area contributed by atoms with E-state index in [1.54, 1.807) is 12.1 Å². The molecule has 1 aromatic heterocycles. The van der Waals surface area contributed by atoms with Crippen molar-refractivity contribution in [2.75, 3.05) is 5.73 Å². The van der Waals surface area contributed by atoms with Gasteiger partial charge in [-0.15, -0.1) is 11.6 Å². The first kappa shape index (κ1) is 11.6. The maximum Gasteiger partial charge on any atom is 0.194 e. The fraction of sp³-hybridized carbons (Fsp3) is 0.222. The Kier molecular flexibility index (Phi) is 2.81. The summed E-state index contributed by atoms with van der Waals surface area (Å²) >= 11 is 6.89. The van der Waals surface area contributed by atoms with E-state index >= 15 is 0 Å². The summed E-state index contributed by atoms with van der Waals surface area (Å²) in [5.41, 5.74) is 6.24. The Bertz CT molecular complexity index is 634. The van der Waals surface area contributed by atoms with Crippen molar-refractivity contribution in [3.05, 3.63) is 18.2 Å². The molecule has 4 nitrogen and oxygen atoms in total. The number of halogens is 1. The Morgan fingerprint density at radius 2 is 2.19 bits per heavy atom. The number of benzene rings is 1. The topological polar surface area (TPSA) is 73.0 Å². The van der Waals surface area contributed by atoms with Gasteiger partial charge in [0.15, 0.2) is 15.0 Å². The van der Waals surface area contributed by atoms with Crippen molar-refractivity contribution in [1.29, 1.82) is 0 Å². The number of nitrogens with zero attached hydrogens (tertiary/aromatic N) is 1. The molecule has 0 saturated heterocycles. The van der Waals surface area contributed by atoms with E-state index in [2.05, 4.69) is 4.98 Å². The number of hydrogen-bond donors (Lipinski definition) is 1. The van der Waals surface area contributed by atoms with Crippen molar-refractivity contribution < 1.29 is 8.42 Å². The van der Waals surface area contributed by atoms with Gasteiger partial charge in [0.25, 0.3) is 0 Å². The number of anilines is 1. The quantitative estimate of drug-likeness (QED) is 0.854.